The van der Waals surface area contributed by atoms with Crippen LogP contribution in [0.2, 0.25) is 0 Å². The first-order valence-electron chi connectivity index (χ1n) is 12.2. The SMILES string of the molecule is Cc1cc(-c2[nH]c3ccc(C4CCN(Cc5ccn[nH]5)CC4)cc3c2C(C)C)cn2ncnc12. The number of benzene rings is 1. The summed E-state index contributed by atoms with van der Waals surface area (Å²) in [5.41, 5.74) is 9.63. The number of aromatic nitrogens is 6. The van der Waals surface area contributed by atoms with Crippen molar-refractivity contribution in [1.82, 2.24) is 34.7 Å². The molecule has 0 bridgehead atoms. The maximum absolute atomic E-state index is 4.38. The van der Waals surface area contributed by atoms with Gasteiger partial charge in [-0.15, -0.1) is 0 Å². The van der Waals surface area contributed by atoms with Crippen molar-refractivity contribution >= 4 is 16.6 Å². The van der Waals surface area contributed by atoms with Crippen molar-refractivity contribution in [2.24, 2.45) is 0 Å². The molecule has 5 heterocycles. The molecule has 1 aliphatic rings. The Kier molecular flexibility index (Phi) is 5.21. The van der Waals surface area contributed by atoms with E-state index in [2.05, 4.69) is 87.5 Å². The number of hydrogen-bond acceptors (Lipinski definition) is 4. The van der Waals surface area contributed by atoms with E-state index < -0.39 is 0 Å². The molecular formula is C27H31N7. The predicted octanol–water partition coefficient (Wildman–Crippen LogP) is 5.41. The molecule has 4 aromatic heterocycles. The van der Waals surface area contributed by atoms with E-state index in [0.29, 0.717) is 11.8 Å². The van der Waals surface area contributed by atoms with Crippen LogP contribution in [0.4, 0.5) is 0 Å². The first-order valence-corrected chi connectivity index (χ1v) is 12.2. The molecule has 2 N–H and O–H groups in total. The van der Waals surface area contributed by atoms with Gasteiger partial charge < -0.3 is 4.98 Å². The fraction of sp³-hybridized carbons (Fsp3) is 0.370. The molecule has 34 heavy (non-hydrogen) atoms. The maximum atomic E-state index is 4.38. The lowest BCUT2D eigenvalue weighted by Crippen LogP contribution is -2.32. The fourth-order valence-electron chi connectivity index (χ4n) is 5.58. The molecule has 1 saturated heterocycles. The topological polar surface area (TPSA) is 77.9 Å². The van der Waals surface area contributed by atoms with Crippen molar-refractivity contribution in [1.29, 1.82) is 0 Å². The van der Waals surface area contributed by atoms with Gasteiger partial charge in [0.1, 0.15) is 6.33 Å². The molecular weight excluding hydrogens is 422 g/mol. The second-order valence-corrected chi connectivity index (χ2v) is 9.95. The van der Waals surface area contributed by atoms with Gasteiger partial charge in [0.05, 0.1) is 5.69 Å². The average Bonchev–Trinajstić information content (AvgIpc) is 3.58. The Morgan fingerprint density at radius 1 is 1.12 bits per heavy atom. The molecule has 0 atom stereocenters. The summed E-state index contributed by atoms with van der Waals surface area (Å²) >= 11 is 0. The van der Waals surface area contributed by atoms with Crippen LogP contribution in [0.1, 0.15) is 60.9 Å². The zero-order valence-corrected chi connectivity index (χ0v) is 20.0. The number of hydrogen-bond donors (Lipinski definition) is 2. The number of fused-ring (bicyclic) bond motifs is 2. The van der Waals surface area contributed by atoms with Crippen LogP contribution in [0.3, 0.4) is 0 Å². The first-order chi connectivity index (χ1) is 16.6. The highest BCUT2D eigenvalue weighted by Crippen LogP contribution is 2.38. The summed E-state index contributed by atoms with van der Waals surface area (Å²) in [6.07, 6.45) is 7.92. The number of pyridine rings is 1. The molecule has 0 spiro atoms. The van der Waals surface area contributed by atoms with Gasteiger partial charge in [-0.2, -0.15) is 10.2 Å². The second kappa shape index (κ2) is 8.40. The zero-order valence-electron chi connectivity index (χ0n) is 20.0. The van der Waals surface area contributed by atoms with Crippen molar-refractivity contribution in [2.45, 2.75) is 52.0 Å². The minimum atomic E-state index is 0.405. The van der Waals surface area contributed by atoms with Crippen LogP contribution in [-0.2, 0) is 6.54 Å². The van der Waals surface area contributed by atoms with Gasteiger partial charge in [-0.3, -0.25) is 10.00 Å². The lowest BCUT2D eigenvalue weighted by Gasteiger charge is -2.31. The van der Waals surface area contributed by atoms with Gasteiger partial charge in [0.2, 0.25) is 0 Å². The molecule has 174 valence electrons. The van der Waals surface area contributed by atoms with Crippen LogP contribution < -0.4 is 0 Å². The van der Waals surface area contributed by atoms with Gasteiger partial charge in [0.25, 0.3) is 0 Å². The van der Waals surface area contributed by atoms with Crippen LogP contribution in [0.5, 0.6) is 0 Å². The second-order valence-electron chi connectivity index (χ2n) is 9.95. The summed E-state index contributed by atoms with van der Waals surface area (Å²) < 4.78 is 1.88. The predicted molar refractivity (Wildman–Crippen MR) is 135 cm³/mol. The summed E-state index contributed by atoms with van der Waals surface area (Å²) in [6, 6.07) is 11.3. The summed E-state index contributed by atoms with van der Waals surface area (Å²) in [6.45, 7) is 9.87. The third-order valence-corrected chi connectivity index (χ3v) is 7.30. The van der Waals surface area contributed by atoms with Crippen LogP contribution in [0, 0.1) is 6.92 Å². The van der Waals surface area contributed by atoms with Crippen LogP contribution in [0.25, 0.3) is 27.8 Å². The zero-order chi connectivity index (χ0) is 23.2. The van der Waals surface area contributed by atoms with E-state index in [1.54, 1.807) is 6.33 Å². The third kappa shape index (κ3) is 3.70. The highest BCUT2D eigenvalue weighted by molar-refractivity contribution is 5.92. The molecule has 7 heteroatoms. The molecule has 1 aliphatic heterocycles. The van der Waals surface area contributed by atoms with Crippen molar-refractivity contribution in [3.8, 4) is 11.3 Å². The molecule has 5 aromatic rings. The number of nitrogens with one attached hydrogen (secondary N) is 2. The number of H-pyrrole nitrogens is 2. The average molecular weight is 454 g/mol. The smallest absolute Gasteiger partial charge is 0.158 e. The normalized spacial score (nSPS) is 15.8. The van der Waals surface area contributed by atoms with E-state index in [4.69, 9.17) is 0 Å². The number of aryl methyl sites for hydroxylation is 1. The molecule has 0 saturated carbocycles. The van der Waals surface area contributed by atoms with E-state index in [-0.39, 0.29) is 0 Å². The van der Waals surface area contributed by atoms with Crippen molar-refractivity contribution < 1.29 is 0 Å². The van der Waals surface area contributed by atoms with Crippen molar-refractivity contribution in [3.63, 3.8) is 0 Å². The molecule has 1 fully saturated rings. The van der Waals surface area contributed by atoms with Crippen molar-refractivity contribution in [3.05, 3.63) is 71.4 Å². The summed E-state index contributed by atoms with van der Waals surface area (Å²) in [5, 5.41) is 12.9. The van der Waals surface area contributed by atoms with Gasteiger partial charge in [-0.1, -0.05) is 19.9 Å². The Morgan fingerprint density at radius 3 is 2.74 bits per heavy atom. The van der Waals surface area contributed by atoms with Gasteiger partial charge in [-0.25, -0.2) is 9.50 Å². The number of nitrogens with zero attached hydrogens (tertiary/aromatic N) is 5. The number of likely N-dealkylation sites (tertiary alicyclic amines) is 1. The Bertz CT molecular complexity index is 1430. The largest absolute Gasteiger partial charge is 0.354 e. The minimum absolute atomic E-state index is 0.405. The number of rotatable bonds is 5. The van der Waals surface area contributed by atoms with E-state index in [9.17, 15) is 0 Å². The highest BCUT2D eigenvalue weighted by Gasteiger charge is 2.23. The lowest BCUT2D eigenvalue weighted by atomic mass is 9.87. The Balaban J connectivity index is 1.31. The van der Waals surface area contributed by atoms with E-state index in [1.807, 2.05) is 10.7 Å². The first kappa shape index (κ1) is 21.1. The molecule has 0 amide bonds. The maximum Gasteiger partial charge on any atom is 0.158 e. The fourth-order valence-corrected chi connectivity index (χ4v) is 5.58. The van der Waals surface area contributed by atoms with Gasteiger partial charge in [-0.05, 0) is 85.6 Å². The summed E-state index contributed by atoms with van der Waals surface area (Å²) in [7, 11) is 0. The molecule has 1 aromatic carbocycles. The standard InChI is InChI=1S/C27H31N7/c1-17(2)25-23-13-20(19-7-10-33(11-8-19)15-22-6-9-29-32-22)4-5-24(23)31-26(25)21-12-18(3)27-28-16-30-34(27)14-21/h4-6,9,12-14,16-17,19,31H,7-8,10-11,15H2,1-3H3,(H,29,32). The third-order valence-electron chi connectivity index (χ3n) is 7.30. The monoisotopic (exact) mass is 453 g/mol. The number of aromatic amines is 2. The lowest BCUT2D eigenvalue weighted by molar-refractivity contribution is 0.202. The quantitative estimate of drug-likeness (QED) is 0.373. The Morgan fingerprint density at radius 2 is 1.97 bits per heavy atom. The Labute approximate surface area is 199 Å². The van der Waals surface area contributed by atoms with Crippen LogP contribution in [-0.4, -0.2) is 47.8 Å². The molecule has 7 nitrogen and oxygen atoms in total. The molecule has 0 radical (unpaired) electrons. The molecule has 6 rings (SSSR count). The van der Waals surface area contributed by atoms with Crippen LogP contribution in [0.15, 0.2) is 49.1 Å². The van der Waals surface area contributed by atoms with E-state index in [1.165, 1.54) is 46.3 Å². The molecule has 0 aliphatic carbocycles. The number of piperidine rings is 1. The summed E-state index contributed by atoms with van der Waals surface area (Å²) in [4.78, 5) is 10.6. The van der Waals surface area contributed by atoms with Gasteiger partial charge in [0.15, 0.2) is 5.65 Å². The van der Waals surface area contributed by atoms with Gasteiger partial charge >= 0.3 is 0 Å². The van der Waals surface area contributed by atoms with E-state index in [0.717, 1.165) is 36.4 Å². The minimum Gasteiger partial charge on any atom is -0.354 e. The Hall–Kier alpha value is -3.45. The van der Waals surface area contributed by atoms with Crippen molar-refractivity contribution in [2.75, 3.05) is 13.1 Å². The highest BCUT2D eigenvalue weighted by atomic mass is 15.3. The van der Waals surface area contributed by atoms with Gasteiger partial charge in [0, 0.05) is 41.1 Å². The summed E-state index contributed by atoms with van der Waals surface area (Å²) in [5.74, 6) is 1.01. The van der Waals surface area contributed by atoms with E-state index >= 15 is 0 Å². The molecule has 0 unspecified atom stereocenters. The van der Waals surface area contributed by atoms with Crippen LogP contribution >= 0.6 is 0 Å².